The molecule has 3 nitrogen and oxygen atoms in total. The number of Topliss-reactive ketones (excluding diaryl/α,β-unsaturated/α-hetero) is 1. The van der Waals surface area contributed by atoms with Crippen LogP contribution < -0.4 is 0 Å². The Kier molecular flexibility index (Phi) is 4.64. The Balaban J connectivity index is 1.64. The number of rotatable bonds is 2. The van der Waals surface area contributed by atoms with Gasteiger partial charge in [0.05, 0.1) is 0 Å². The summed E-state index contributed by atoms with van der Waals surface area (Å²) in [5.41, 5.74) is 1.74. The van der Waals surface area contributed by atoms with E-state index in [9.17, 15) is 9.59 Å². The van der Waals surface area contributed by atoms with E-state index >= 15 is 0 Å². The highest BCUT2D eigenvalue weighted by molar-refractivity contribution is 5.83. The summed E-state index contributed by atoms with van der Waals surface area (Å²) >= 11 is 0. The molecule has 0 spiro atoms. The summed E-state index contributed by atoms with van der Waals surface area (Å²) in [6.45, 7) is 12.8. The van der Waals surface area contributed by atoms with E-state index < -0.39 is 0 Å². The quantitative estimate of drug-likeness (QED) is 0.450. The minimum Gasteiger partial charge on any atom is -0.462 e. The Bertz CT molecular complexity index is 723. The van der Waals surface area contributed by atoms with Crippen LogP contribution in [0.4, 0.5) is 0 Å². The van der Waals surface area contributed by atoms with E-state index in [4.69, 9.17) is 4.74 Å². The Hall–Kier alpha value is -1.12. The van der Waals surface area contributed by atoms with Crippen molar-refractivity contribution < 1.29 is 14.3 Å². The molecule has 0 bridgehead atoms. The zero-order valence-corrected chi connectivity index (χ0v) is 18.6. The normalized spacial score (nSPS) is 50.1. The van der Waals surface area contributed by atoms with E-state index in [1.54, 1.807) is 0 Å². The molecule has 28 heavy (non-hydrogen) atoms. The molecule has 3 heteroatoms. The van der Waals surface area contributed by atoms with Crippen LogP contribution in [0, 0.1) is 39.9 Å². The Morgan fingerprint density at radius 3 is 2.43 bits per heavy atom. The van der Waals surface area contributed by atoms with Crippen molar-refractivity contribution in [3.8, 4) is 0 Å². The summed E-state index contributed by atoms with van der Waals surface area (Å²) in [4.78, 5) is 24.2. The highest BCUT2D eigenvalue weighted by atomic mass is 16.5. The number of fused-ring (bicyclic) bond motifs is 5. The van der Waals surface area contributed by atoms with Gasteiger partial charge in [-0.25, -0.2) is 0 Å². The molecule has 3 saturated carbocycles. The van der Waals surface area contributed by atoms with E-state index in [1.807, 2.05) is 6.92 Å². The second-order valence-electron chi connectivity index (χ2n) is 11.1. The number of hydrogen-bond donors (Lipinski definition) is 0. The summed E-state index contributed by atoms with van der Waals surface area (Å²) in [5.74, 6) is 2.77. The van der Waals surface area contributed by atoms with Crippen molar-refractivity contribution in [2.45, 2.75) is 92.6 Å². The van der Waals surface area contributed by atoms with E-state index in [2.05, 4.69) is 33.8 Å². The monoisotopic (exact) mass is 386 g/mol. The van der Waals surface area contributed by atoms with E-state index in [0.717, 1.165) is 25.7 Å². The van der Waals surface area contributed by atoms with Crippen LogP contribution in [-0.4, -0.2) is 17.9 Å². The molecule has 0 radical (unpaired) electrons. The molecule has 4 rings (SSSR count). The first kappa shape index (κ1) is 20.2. The molecule has 4 aliphatic rings. The smallest absolute Gasteiger partial charge is 0.302 e. The summed E-state index contributed by atoms with van der Waals surface area (Å²) in [7, 11) is 0. The fraction of sp³-hybridized carbons (Fsp3) is 0.840. The molecule has 0 aromatic carbocycles. The average molecular weight is 387 g/mol. The number of esters is 1. The van der Waals surface area contributed by atoms with Gasteiger partial charge in [0.2, 0.25) is 0 Å². The Morgan fingerprint density at radius 2 is 1.79 bits per heavy atom. The van der Waals surface area contributed by atoms with Crippen LogP contribution in [0.3, 0.4) is 0 Å². The molecule has 3 fully saturated rings. The lowest BCUT2D eigenvalue weighted by Crippen LogP contribution is -2.53. The number of allylic oxidation sites excluding steroid dienone is 1. The van der Waals surface area contributed by atoms with Crippen molar-refractivity contribution in [2.24, 2.45) is 39.9 Å². The highest BCUT2D eigenvalue weighted by Crippen LogP contribution is 2.71. The van der Waals surface area contributed by atoms with Crippen LogP contribution in [0.5, 0.6) is 0 Å². The molecule has 0 saturated heterocycles. The van der Waals surface area contributed by atoms with Crippen molar-refractivity contribution >= 4 is 11.8 Å². The van der Waals surface area contributed by atoms with Gasteiger partial charge in [0.15, 0.2) is 0 Å². The second-order valence-corrected chi connectivity index (χ2v) is 11.1. The van der Waals surface area contributed by atoms with Gasteiger partial charge in [-0.3, -0.25) is 9.59 Å². The molecule has 156 valence electrons. The fourth-order valence-corrected chi connectivity index (χ4v) is 8.29. The maximum absolute atomic E-state index is 12.8. The summed E-state index contributed by atoms with van der Waals surface area (Å²) in [5, 5.41) is 0. The third-order valence-corrected chi connectivity index (χ3v) is 10.3. The van der Waals surface area contributed by atoms with Crippen LogP contribution in [-0.2, 0) is 14.3 Å². The van der Waals surface area contributed by atoms with E-state index in [1.165, 1.54) is 31.8 Å². The molecule has 0 unspecified atom stereocenters. The topological polar surface area (TPSA) is 43.4 Å². The Labute approximate surface area is 170 Å². The standard InChI is InChI=1S/C25H38O3/c1-15-13-22-20-8-7-18-14-19(28-17(3)27)9-11-23(18,4)21(20)10-12-24(22,5)25(15,6)16(2)26/h7,15,19-22H,8-14H2,1-6H3/t15-,19+,20-,21-,22+,23+,24+,25-/m1/s1. The lowest BCUT2D eigenvalue weighted by Gasteiger charge is -2.59. The molecule has 0 amide bonds. The van der Waals surface area contributed by atoms with Crippen LogP contribution >= 0.6 is 0 Å². The molecule has 4 aliphatic carbocycles. The molecule has 0 heterocycles. The minimum absolute atomic E-state index is 0.0646. The number of carbonyl (C=O) groups excluding carboxylic acids is 2. The molecular weight excluding hydrogens is 348 g/mol. The van der Waals surface area contributed by atoms with Gasteiger partial charge in [0.1, 0.15) is 11.9 Å². The fourth-order valence-electron chi connectivity index (χ4n) is 8.29. The van der Waals surface area contributed by atoms with Gasteiger partial charge in [0, 0.05) is 18.8 Å². The average Bonchev–Trinajstić information content (AvgIpc) is 2.83. The van der Waals surface area contributed by atoms with Crippen molar-refractivity contribution in [3.05, 3.63) is 11.6 Å². The zero-order chi connectivity index (χ0) is 20.5. The van der Waals surface area contributed by atoms with Crippen LogP contribution in [0.15, 0.2) is 11.6 Å². The number of carbonyl (C=O) groups is 2. The molecule has 0 aromatic rings. The van der Waals surface area contributed by atoms with Gasteiger partial charge in [-0.2, -0.15) is 0 Å². The predicted octanol–water partition coefficient (Wildman–Crippen LogP) is 5.72. The zero-order valence-electron chi connectivity index (χ0n) is 18.6. The van der Waals surface area contributed by atoms with Gasteiger partial charge in [-0.15, -0.1) is 0 Å². The first-order chi connectivity index (χ1) is 13.0. The van der Waals surface area contributed by atoms with Gasteiger partial charge in [-0.1, -0.05) is 39.3 Å². The first-order valence-electron chi connectivity index (χ1n) is 11.4. The SMILES string of the molecule is CC(=O)O[C@H]1CC[C@@]2(C)C(=CC[C@@H]3[C@H]2CC[C@@]2(C)[C@H]3C[C@@H](C)[C@]2(C)C(C)=O)C1. The molecule has 8 atom stereocenters. The maximum atomic E-state index is 12.8. The lowest BCUT2D eigenvalue weighted by molar-refractivity contribution is -0.150. The van der Waals surface area contributed by atoms with Crippen molar-refractivity contribution in [2.75, 3.05) is 0 Å². The molecule has 0 N–H and O–H groups in total. The first-order valence-corrected chi connectivity index (χ1v) is 11.4. The third kappa shape index (κ3) is 2.53. The van der Waals surface area contributed by atoms with Gasteiger partial charge >= 0.3 is 5.97 Å². The summed E-state index contributed by atoms with van der Waals surface area (Å²) < 4.78 is 5.56. The van der Waals surface area contributed by atoms with Crippen LogP contribution in [0.2, 0.25) is 0 Å². The largest absolute Gasteiger partial charge is 0.462 e. The third-order valence-electron chi connectivity index (χ3n) is 10.3. The maximum Gasteiger partial charge on any atom is 0.302 e. The highest BCUT2D eigenvalue weighted by Gasteiger charge is 2.66. The second kappa shape index (κ2) is 6.44. The van der Waals surface area contributed by atoms with Gasteiger partial charge < -0.3 is 4.74 Å². The van der Waals surface area contributed by atoms with Gasteiger partial charge in [0.25, 0.3) is 0 Å². The molecular formula is C25H38O3. The number of ether oxygens (including phenoxy) is 1. The van der Waals surface area contributed by atoms with E-state index in [0.29, 0.717) is 29.5 Å². The Morgan fingerprint density at radius 1 is 1.07 bits per heavy atom. The molecule has 0 aromatic heterocycles. The van der Waals surface area contributed by atoms with Crippen molar-refractivity contribution in [1.29, 1.82) is 0 Å². The molecule has 0 aliphatic heterocycles. The van der Waals surface area contributed by atoms with E-state index in [-0.39, 0.29) is 28.3 Å². The summed E-state index contributed by atoms with van der Waals surface area (Å²) in [6.07, 6.45) is 10.3. The minimum atomic E-state index is -0.180. The van der Waals surface area contributed by atoms with Crippen molar-refractivity contribution in [3.63, 3.8) is 0 Å². The summed E-state index contributed by atoms with van der Waals surface area (Å²) in [6, 6.07) is 0. The van der Waals surface area contributed by atoms with Crippen molar-refractivity contribution in [1.82, 2.24) is 0 Å². The van der Waals surface area contributed by atoms with Crippen LogP contribution in [0.1, 0.15) is 86.5 Å². The van der Waals surface area contributed by atoms with Gasteiger partial charge in [-0.05, 0) is 80.0 Å². The van der Waals surface area contributed by atoms with Crippen LogP contribution in [0.25, 0.3) is 0 Å². The number of ketones is 1. The number of hydrogen-bond acceptors (Lipinski definition) is 3. The predicted molar refractivity (Wildman–Crippen MR) is 111 cm³/mol. The lowest BCUT2D eigenvalue weighted by atomic mass is 9.45.